The van der Waals surface area contributed by atoms with E-state index in [0.717, 1.165) is 50.4 Å². The summed E-state index contributed by atoms with van der Waals surface area (Å²) in [4.78, 5) is 2.09. The third kappa shape index (κ3) is 9.85. The van der Waals surface area contributed by atoms with Gasteiger partial charge in [0.2, 0.25) is 0 Å². The van der Waals surface area contributed by atoms with Gasteiger partial charge in [0.15, 0.2) is 0 Å². The average Bonchev–Trinajstić information content (AvgIpc) is 3.35. The van der Waals surface area contributed by atoms with Crippen LogP contribution in [0.2, 0.25) is 0 Å². The first kappa shape index (κ1) is 34.6. The molecule has 238 valence electrons. The van der Waals surface area contributed by atoms with Gasteiger partial charge < -0.3 is 10.2 Å². The molecule has 0 saturated carbocycles. The number of unbranched alkanes of at least 4 members (excludes halogenated alkanes) is 9. The van der Waals surface area contributed by atoms with Gasteiger partial charge in [-0.25, -0.2) is 0 Å². The Kier molecular flexibility index (Phi) is 14.1. The van der Waals surface area contributed by atoms with Crippen molar-refractivity contribution in [3.8, 4) is 11.1 Å². The molecule has 0 fully saturated rings. The Morgan fingerprint density at radius 3 is 1.66 bits per heavy atom. The molecule has 2 N–H and O–H groups in total. The summed E-state index contributed by atoms with van der Waals surface area (Å²) in [5.74, 6) is 1.16. The number of hydrogen-bond acceptors (Lipinski definition) is 8. The van der Waals surface area contributed by atoms with Gasteiger partial charge in [-0.2, -0.15) is 8.42 Å². The highest BCUT2D eigenvalue weighted by atomic mass is 32.2. The summed E-state index contributed by atoms with van der Waals surface area (Å²) < 4.78 is 31.6. The van der Waals surface area contributed by atoms with E-state index in [4.69, 9.17) is 4.28 Å². The first-order valence-electron chi connectivity index (χ1n) is 15.8. The summed E-state index contributed by atoms with van der Waals surface area (Å²) in [6.45, 7) is 2.41. The minimum Gasteiger partial charge on any atom is -0.396 e. The lowest BCUT2D eigenvalue weighted by Gasteiger charge is -2.07. The highest BCUT2D eigenvalue weighted by Crippen LogP contribution is 2.41. The minimum absolute atomic E-state index is 0.0821. The number of aliphatic hydroxyl groups excluding tert-OH is 2. The van der Waals surface area contributed by atoms with Crippen LogP contribution < -0.4 is 0 Å². The number of aliphatic hydroxyl groups is 2. The number of thioether (sulfide) groups is 2. The molecule has 0 heterocycles. The molecule has 9 heteroatoms. The summed E-state index contributed by atoms with van der Waals surface area (Å²) >= 11 is 3.11. The lowest BCUT2D eigenvalue weighted by Crippen LogP contribution is -2.06. The number of fused-ring (bicyclic) bond motifs is 3. The van der Waals surface area contributed by atoms with E-state index in [1.165, 1.54) is 57.8 Å². The molecule has 0 unspecified atom stereocenters. The SMILES string of the molecule is CCCCCCCCCCCCc1ccc(S(=O)(=O)ON=C2c3ccc(SCCO)cc3-c3cc(SCCO)ccc32)cc1. The van der Waals surface area contributed by atoms with Crippen LogP contribution in [0.4, 0.5) is 0 Å². The maximum atomic E-state index is 13.1. The molecule has 0 aromatic heterocycles. The topological polar surface area (TPSA) is 96.2 Å². The normalized spacial score (nSPS) is 12.3. The van der Waals surface area contributed by atoms with E-state index in [1.54, 1.807) is 35.7 Å². The Labute approximate surface area is 271 Å². The van der Waals surface area contributed by atoms with Crippen LogP contribution in [-0.4, -0.2) is 49.1 Å². The highest BCUT2D eigenvalue weighted by Gasteiger charge is 2.28. The number of nitrogens with zero attached hydrogens (tertiary/aromatic N) is 1. The van der Waals surface area contributed by atoms with Crippen molar-refractivity contribution < 1.29 is 22.9 Å². The third-order valence-electron chi connectivity index (χ3n) is 7.76. The van der Waals surface area contributed by atoms with E-state index >= 15 is 0 Å². The van der Waals surface area contributed by atoms with Gasteiger partial charge >= 0.3 is 10.1 Å². The van der Waals surface area contributed by atoms with Crippen LogP contribution in [0, 0.1) is 0 Å². The van der Waals surface area contributed by atoms with Gasteiger partial charge in [-0.1, -0.05) is 94.1 Å². The van der Waals surface area contributed by atoms with Crippen LogP contribution in [0.25, 0.3) is 11.1 Å². The second kappa shape index (κ2) is 18.0. The minimum atomic E-state index is -4.11. The van der Waals surface area contributed by atoms with E-state index in [1.807, 2.05) is 48.5 Å². The fourth-order valence-corrected chi connectivity index (χ4v) is 7.54. The zero-order valence-corrected chi connectivity index (χ0v) is 28.1. The zero-order valence-electron chi connectivity index (χ0n) is 25.7. The predicted octanol–water partition coefficient (Wildman–Crippen LogP) is 8.46. The molecule has 1 aliphatic carbocycles. The number of aryl methyl sites for hydroxylation is 1. The van der Waals surface area contributed by atoms with Crippen molar-refractivity contribution in [2.45, 2.75) is 92.2 Å². The second-order valence-corrected chi connectivity index (χ2v) is 15.0. The standard InChI is InChI=1S/C35H45NO5S3/c1-2-3-4-5-6-7-8-9-10-11-12-27-13-17-30(18-14-27)44(39,40)41-36-35-31-19-15-28(42-23-21-37)25-33(31)34-26-29(43-24-22-38)16-20-32(34)35/h13-20,25-26,37-38H,2-12,21-24H2,1H3. The van der Waals surface area contributed by atoms with Gasteiger partial charge in [-0.15, -0.1) is 23.5 Å². The fourth-order valence-electron chi connectivity index (χ4n) is 5.42. The van der Waals surface area contributed by atoms with Crippen LogP contribution in [0.15, 0.2) is 80.5 Å². The lowest BCUT2D eigenvalue weighted by molar-refractivity contribution is 0.322. The van der Waals surface area contributed by atoms with E-state index in [-0.39, 0.29) is 18.1 Å². The van der Waals surface area contributed by atoms with E-state index in [2.05, 4.69) is 12.1 Å². The Balaban J connectivity index is 1.39. The largest absolute Gasteiger partial charge is 0.396 e. The summed E-state index contributed by atoms with van der Waals surface area (Å²) in [6.07, 6.45) is 13.8. The van der Waals surface area contributed by atoms with Gasteiger partial charge in [0, 0.05) is 32.4 Å². The molecule has 6 nitrogen and oxygen atoms in total. The van der Waals surface area contributed by atoms with E-state index < -0.39 is 10.1 Å². The van der Waals surface area contributed by atoms with Crippen LogP contribution in [0.1, 0.15) is 87.8 Å². The van der Waals surface area contributed by atoms with Crippen molar-refractivity contribution in [3.05, 3.63) is 77.4 Å². The van der Waals surface area contributed by atoms with Gasteiger partial charge in [-0.3, -0.25) is 4.28 Å². The molecular formula is C35H45NO5S3. The number of oxime groups is 1. The molecule has 1 aliphatic rings. The van der Waals surface area contributed by atoms with E-state index in [9.17, 15) is 18.6 Å². The molecule has 0 aliphatic heterocycles. The molecule has 0 radical (unpaired) electrons. The molecule has 3 aromatic rings. The molecule has 0 amide bonds. The number of benzene rings is 3. The Hall–Kier alpha value is -2.30. The molecule has 44 heavy (non-hydrogen) atoms. The van der Waals surface area contributed by atoms with Gasteiger partial charge in [0.1, 0.15) is 10.6 Å². The van der Waals surface area contributed by atoms with Crippen molar-refractivity contribution in [1.29, 1.82) is 0 Å². The lowest BCUT2D eigenvalue weighted by atomic mass is 10.0. The molecule has 0 saturated heterocycles. The number of rotatable bonds is 20. The van der Waals surface area contributed by atoms with Gasteiger partial charge in [0.25, 0.3) is 0 Å². The maximum Gasteiger partial charge on any atom is 0.358 e. The quantitative estimate of drug-likeness (QED) is 0.0560. The van der Waals surface area contributed by atoms with Crippen molar-refractivity contribution in [1.82, 2.24) is 0 Å². The molecule has 0 bridgehead atoms. The summed E-state index contributed by atoms with van der Waals surface area (Å²) in [6, 6.07) is 18.8. The summed E-state index contributed by atoms with van der Waals surface area (Å²) in [5.41, 5.74) is 5.04. The van der Waals surface area contributed by atoms with Crippen LogP contribution >= 0.6 is 23.5 Å². The first-order valence-corrected chi connectivity index (χ1v) is 19.2. The molecule has 0 spiro atoms. The van der Waals surface area contributed by atoms with Crippen molar-refractivity contribution in [2.24, 2.45) is 5.16 Å². The zero-order chi connectivity index (χ0) is 31.2. The second-order valence-electron chi connectivity index (χ2n) is 11.1. The summed E-state index contributed by atoms with van der Waals surface area (Å²) in [5, 5.41) is 22.7. The van der Waals surface area contributed by atoms with E-state index in [0.29, 0.717) is 17.2 Å². The molecular weight excluding hydrogens is 611 g/mol. The number of hydrogen-bond donors (Lipinski definition) is 2. The van der Waals surface area contributed by atoms with Crippen LogP contribution in [0.5, 0.6) is 0 Å². The summed E-state index contributed by atoms with van der Waals surface area (Å²) in [7, 11) is -4.11. The van der Waals surface area contributed by atoms with Crippen molar-refractivity contribution >= 4 is 39.4 Å². The van der Waals surface area contributed by atoms with Gasteiger partial charge in [0.05, 0.1) is 13.2 Å². The van der Waals surface area contributed by atoms with Crippen LogP contribution in [0.3, 0.4) is 0 Å². The molecule has 0 atom stereocenters. The fraction of sp³-hybridized carbons (Fsp3) is 0.457. The monoisotopic (exact) mass is 655 g/mol. The first-order chi connectivity index (χ1) is 21.5. The van der Waals surface area contributed by atoms with Gasteiger partial charge in [-0.05, 0) is 65.9 Å². The Morgan fingerprint density at radius 2 is 1.16 bits per heavy atom. The van der Waals surface area contributed by atoms with Crippen molar-refractivity contribution in [2.75, 3.05) is 24.7 Å². The average molecular weight is 656 g/mol. The third-order valence-corrected chi connectivity index (χ3v) is 10.8. The smallest absolute Gasteiger partial charge is 0.358 e. The molecule has 4 rings (SSSR count). The maximum absolute atomic E-state index is 13.1. The Bertz CT molecular complexity index is 1410. The predicted molar refractivity (Wildman–Crippen MR) is 183 cm³/mol. The van der Waals surface area contributed by atoms with Crippen molar-refractivity contribution in [3.63, 3.8) is 0 Å². The highest BCUT2D eigenvalue weighted by molar-refractivity contribution is 7.99. The Morgan fingerprint density at radius 1 is 0.659 bits per heavy atom. The van der Waals surface area contributed by atoms with Crippen LogP contribution in [-0.2, 0) is 20.8 Å². The molecule has 3 aromatic carbocycles.